The lowest BCUT2D eigenvalue weighted by Gasteiger charge is -2.35. The number of rotatable bonds is 8. The van der Waals surface area contributed by atoms with E-state index in [1.54, 1.807) is 4.90 Å². The first-order valence-corrected chi connectivity index (χ1v) is 12.3. The number of aromatic nitrogens is 1. The molecule has 0 spiro atoms. The second-order valence-corrected chi connectivity index (χ2v) is 10.1. The Kier molecular flexibility index (Phi) is 8.79. The Morgan fingerprint density at radius 3 is 2.53 bits per heavy atom. The summed E-state index contributed by atoms with van der Waals surface area (Å²) in [7, 11) is 1.99. The molecule has 2 aromatic rings. The molecule has 0 saturated heterocycles. The molecule has 0 aliphatic heterocycles. The largest absolute Gasteiger partial charge is 0.353 e. The van der Waals surface area contributed by atoms with E-state index in [0.29, 0.717) is 19.0 Å². The van der Waals surface area contributed by atoms with Crippen LogP contribution in [0.25, 0.3) is 0 Å². The molecule has 0 atom stereocenters. The molecule has 0 bridgehead atoms. The number of benzene rings is 1. The van der Waals surface area contributed by atoms with Crippen LogP contribution in [-0.4, -0.2) is 45.4 Å². The smallest absolute Gasteiger partial charge is 0.322 e. The Balaban J connectivity index is 1.77. The zero-order valence-corrected chi connectivity index (χ0v) is 21.0. The number of amides is 3. The quantitative estimate of drug-likeness (QED) is 0.507. The van der Waals surface area contributed by atoms with Gasteiger partial charge in [-0.25, -0.2) is 4.79 Å². The molecule has 0 unspecified atom stereocenters. The third-order valence-corrected chi connectivity index (χ3v) is 6.49. The Morgan fingerprint density at radius 1 is 1.16 bits per heavy atom. The van der Waals surface area contributed by atoms with Crippen LogP contribution < -0.4 is 5.32 Å². The first kappa shape index (κ1) is 24.4. The Bertz CT molecular complexity index is 905. The van der Waals surface area contributed by atoms with Gasteiger partial charge in [0, 0.05) is 41.7 Å². The van der Waals surface area contributed by atoms with E-state index >= 15 is 0 Å². The van der Waals surface area contributed by atoms with Crippen molar-refractivity contribution in [2.24, 2.45) is 13.0 Å². The Labute approximate surface area is 200 Å². The van der Waals surface area contributed by atoms with E-state index in [-0.39, 0.29) is 24.5 Å². The monoisotopic (exact) mass is 502 g/mol. The van der Waals surface area contributed by atoms with Crippen molar-refractivity contribution < 1.29 is 9.59 Å². The lowest BCUT2D eigenvalue weighted by Crippen LogP contribution is -2.50. The number of anilines is 1. The van der Waals surface area contributed by atoms with E-state index in [1.807, 2.05) is 59.1 Å². The molecule has 1 aliphatic rings. The summed E-state index contributed by atoms with van der Waals surface area (Å²) in [5.41, 5.74) is 1.81. The van der Waals surface area contributed by atoms with Crippen molar-refractivity contribution in [3.63, 3.8) is 0 Å². The predicted octanol–water partition coefficient (Wildman–Crippen LogP) is 5.64. The van der Waals surface area contributed by atoms with Crippen LogP contribution in [0.4, 0.5) is 10.5 Å². The van der Waals surface area contributed by atoms with Gasteiger partial charge in [0.2, 0.25) is 5.91 Å². The van der Waals surface area contributed by atoms with Gasteiger partial charge in [-0.3, -0.25) is 4.79 Å². The maximum Gasteiger partial charge on any atom is 0.322 e. The van der Waals surface area contributed by atoms with Crippen molar-refractivity contribution in [1.29, 1.82) is 0 Å². The number of hydrogen-bond donors (Lipinski definition) is 1. The van der Waals surface area contributed by atoms with Crippen molar-refractivity contribution in [3.05, 3.63) is 52.8 Å². The lowest BCUT2D eigenvalue weighted by atomic mass is 9.94. The molecule has 3 rings (SSSR count). The van der Waals surface area contributed by atoms with E-state index in [4.69, 9.17) is 0 Å². The van der Waals surface area contributed by atoms with E-state index in [0.717, 1.165) is 41.5 Å². The van der Waals surface area contributed by atoms with Gasteiger partial charge in [-0.15, -0.1) is 0 Å². The summed E-state index contributed by atoms with van der Waals surface area (Å²) in [6, 6.07) is 11.5. The first-order chi connectivity index (χ1) is 15.3. The van der Waals surface area contributed by atoms with E-state index in [9.17, 15) is 9.59 Å². The van der Waals surface area contributed by atoms with Gasteiger partial charge in [0.25, 0.3) is 0 Å². The molecule has 3 amide bonds. The van der Waals surface area contributed by atoms with Crippen molar-refractivity contribution >= 4 is 33.6 Å². The fourth-order valence-corrected chi connectivity index (χ4v) is 4.72. The van der Waals surface area contributed by atoms with Crippen LogP contribution in [0, 0.1) is 5.92 Å². The number of nitrogens with zero attached hydrogens (tertiary/aromatic N) is 3. The Morgan fingerprint density at radius 2 is 1.91 bits per heavy atom. The van der Waals surface area contributed by atoms with Gasteiger partial charge in [0.15, 0.2) is 0 Å². The second-order valence-electron chi connectivity index (χ2n) is 9.14. The summed E-state index contributed by atoms with van der Waals surface area (Å²) in [6.45, 7) is 5.54. The first-order valence-electron chi connectivity index (χ1n) is 11.5. The van der Waals surface area contributed by atoms with E-state index in [1.165, 1.54) is 6.42 Å². The maximum absolute atomic E-state index is 13.5. The molecule has 0 radical (unpaired) electrons. The van der Waals surface area contributed by atoms with Crippen molar-refractivity contribution in [2.75, 3.05) is 18.4 Å². The minimum atomic E-state index is -0.202. The number of urea groups is 1. The highest BCUT2D eigenvalue weighted by molar-refractivity contribution is 9.10. The molecule has 7 heteroatoms. The average Bonchev–Trinajstić information content (AvgIpc) is 3.16. The second kappa shape index (κ2) is 11.5. The lowest BCUT2D eigenvalue weighted by molar-refractivity contribution is -0.133. The van der Waals surface area contributed by atoms with Gasteiger partial charge >= 0.3 is 6.03 Å². The van der Waals surface area contributed by atoms with Crippen molar-refractivity contribution in [1.82, 2.24) is 14.4 Å². The fourth-order valence-electron chi connectivity index (χ4n) is 4.32. The number of hydrogen-bond acceptors (Lipinski definition) is 2. The fraction of sp³-hybridized carbons (Fsp3) is 0.520. The highest BCUT2D eigenvalue weighted by Crippen LogP contribution is 2.24. The molecule has 1 N–H and O–H groups in total. The molecule has 1 aliphatic carbocycles. The number of carbonyl (C=O) groups excluding carboxylic acids is 2. The molecule has 1 saturated carbocycles. The van der Waals surface area contributed by atoms with Gasteiger partial charge in [0.1, 0.15) is 6.54 Å². The molecule has 174 valence electrons. The molecule has 1 aromatic carbocycles. The summed E-state index contributed by atoms with van der Waals surface area (Å²) >= 11 is 3.45. The number of nitrogens with one attached hydrogen (secondary N) is 1. The summed E-state index contributed by atoms with van der Waals surface area (Å²) in [6.07, 6.45) is 7.27. The number of aryl methyl sites for hydroxylation is 1. The minimum absolute atomic E-state index is 0.00475. The molecular weight excluding hydrogens is 468 g/mol. The predicted molar refractivity (Wildman–Crippen MR) is 132 cm³/mol. The van der Waals surface area contributed by atoms with Crippen molar-refractivity contribution in [3.8, 4) is 0 Å². The van der Waals surface area contributed by atoms with Crippen LogP contribution in [0.1, 0.15) is 51.6 Å². The zero-order chi connectivity index (χ0) is 23.1. The third kappa shape index (κ3) is 6.86. The third-order valence-electron chi connectivity index (χ3n) is 6.00. The summed E-state index contributed by atoms with van der Waals surface area (Å²) in [5.74, 6) is 0.340. The van der Waals surface area contributed by atoms with Crippen molar-refractivity contribution in [2.45, 2.75) is 58.5 Å². The minimum Gasteiger partial charge on any atom is -0.353 e. The van der Waals surface area contributed by atoms with Gasteiger partial charge in [0.05, 0.1) is 6.54 Å². The van der Waals surface area contributed by atoms with Crippen LogP contribution in [0.5, 0.6) is 0 Å². The normalized spacial score (nSPS) is 14.4. The highest BCUT2D eigenvalue weighted by Gasteiger charge is 2.29. The zero-order valence-electron chi connectivity index (χ0n) is 19.4. The molecule has 32 heavy (non-hydrogen) atoms. The molecular formula is C25H35BrN4O2. The van der Waals surface area contributed by atoms with Gasteiger partial charge < -0.3 is 19.7 Å². The van der Waals surface area contributed by atoms with Crippen LogP contribution in [0.3, 0.4) is 0 Å². The number of carbonyl (C=O) groups is 2. The van der Waals surface area contributed by atoms with Gasteiger partial charge in [-0.05, 0) is 49.1 Å². The molecule has 1 aromatic heterocycles. The van der Waals surface area contributed by atoms with Gasteiger partial charge in [-0.2, -0.15) is 0 Å². The topological polar surface area (TPSA) is 57.6 Å². The summed E-state index contributed by atoms with van der Waals surface area (Å²) in [5, 5.41) is 3.00. The number of halogens is 1. The van der Waals surface area contributed by atoms with Crippen LogP contribution >= 0.6 is 15.9 Å². The van der Waals surface area contributed by atoms with E-state index in [2.05, 4.69) is 35.1 Å². The summed E-state index contributed by atoms with van der Waals surface area (Å²) < 4.78 is 2.95. The summed E-state index contributed by atoms with van der Waals surface area (Å²) in [4.78, 5) is 30.4. The van der Waals surface area contributed by atoms with Crippen LogP contribution in [-0.2, 0) is 18.4 Å². The Hall–Kier alpha value is -2.28. The SMILES string of the molecule is CC(C)CN(Cc1cccn1C)C(=O)CN(C(=O)Nc1cccc(Br)c1)C1CCCCC1. The highest BCUT2D eigenvalue weighted by atomic mass is 79.9. The van der Waals surface area contributed by atoms with Gasteiger partial charge in [-0.1, -0.05) is 55.1 Å². The molecule has 1 fully saturated rings. The van der Waals surface area contributed by atoms with Crippen LogP contribution in [0.15, 0.2) is 47.1 Å². The maximum atomic E-state index is 13.5. The average molecular weight is 503 g/mol. The standard InChI is InChI=1S/C25H35BrN4O2/c1-19(2)16-29(17-23-13-8-14-28(23)3)24(31)18-30(22-11-5-4-6-12-22)25(32)27-21-10-7-9-20(26)15-21/h7-10,13-15,19,22H,4-6,11-12,16-18H2,1-3H3,(H,27,32). The molecule has 6 nitrogen and oxygen atoms in total. The molecule has 1 heterocycles. The van der Waals surface area contributed by atoms with E-state index < -0.39 is 0 Å². The van der Waals surface area contributed by atoms with Crippen LogP contribution in [0.2, 0.25) is 0 Å².